The molecule has 1 aliphatic heterocycles. The molecule has 1 amide bonds. The second-order valence-corrected chi connectivity index (χ2v) is 6.72. The molecule has 0 saturated carbocycles. The van der Waals surface area contributed by atoms with Crippen LogP contribution in [0.4, 0.5) is 5.69 Å². The molecule has 0 saturated heterocycles. The van der Waals surface area contributed by atoms with E-state index in [9.17, 15) is 18.0 Å². The van der Waals surface area contributed by atoms with Gasteiger partial charge in [-0.1, -0.05) is 0 Å². The van der Waals surface area contributed by atoms with Gasteiger partial charge >= 0.3 is 5.97 Å². The zero-order valence-corrected chi connectivity index (χ0v) is 12.5. The number of nitrogens with zero attached hydrogens (tertiary/aromatic N) is 1. The Balaban J connectivity index is 2.33. The maximum Gasteiger partial charge on any atom is 0.318 e. The van der Waals surface area contributed by atoms with E-state index in [1.165, 1.54) is 19.1 Å². The van der Waals surface area contributed by atoms with Crippen molar-refractivity contribution >= 4 is 27.6 Å². The Labute approximate surface area is 122 Å². The van der Waals surface area contributed by atoms with Gasteiger partial charge in [0.05, 0.1) is 4.90 Å². The smallest absolute Gasteiger partial charge is 0.318 e. The van der Waals surface area contributed by atoms with Crippen LogP contribution in [0, 0.1) is 0 Å². The quantitative estimate of drug-likeness (QED) is 0.834. The van der Waals surface area contributed by atoms with E-state index in [-0.39, 0.29) is 16.8 Å². The van der Waals surface area contributed by atoms with Gasteiger partial charge in [0.1, 0.15) is 6.54 Å². The van der Waals surface area contributed by atoms with Crippen molar-refractivity contribution in [3.8, 4) is 0 Å². The molecule has 7 nitrogen and oxygen atoms in total. The number of carbonyl (C=O) groups is 2. The molecule has 0 aromatic heterocycles. The van der Waals surface area contributed by atoms with Gasteiger partial charge in [0, 0.05) is 18.7 Å². The number of hydrogen-bond donors (Lipinski definition) is 2. The highest BCUT2D eigenvalue weighted by atomic mass is 32.2. The number of carboxylic acids is 1. The summed E-state index contributed by atoms with van der Waals surface area (Å²) in [5.74, 6) is -1.35. The van der Waals surface area contributed by atoms with Crippen LogP contribution < -0.4 is 9.62 Å². The number of fused-ring (bicyclic) bond motifs is 1. The average Bonchev–Trinajstić information content (AvgIpc) is 2.71. The van der Waals surface area contributed by atoms with Crippen LogP contribution in [0.25, 0.3) is 0 Å². The minimum atomic E-state index is -3.87. The molecular formula is C13H16N2O5S. The van der Waals surface area contributed by atoms with Crippen molar-refractivity contribution in [3.05, 3.63) is 23.8 Å². The predicted octanol–water partition coefficient (Wildman–Crippen LogP) is 0.347. The molecule has 0 spiro atoms. The first-order chi connectivity index (χ1) is 9.72. The van der Waals surface area contributed by atoms with Crippen molar-refractivity contribution in [2.75, 3.05) is 11.4 Å². The highest BCUT2D eigenvalue weighted by molar-refractivity contribution is 7.89. The van der Waals surface area contributed by atoms with Gasteiger partial charge in [-0.15, -0.1) is 0 Å². The molecule has 1 aromatic rings. The first-order valence-corrected chi connectivity index (χ1v) is 7.85. The summed E-state index contributed by atoms with van der Waals surface area (Å²) in [5, 5.41) is 8.54. The summed E-state index contributed by atoms with van der Waals surface area (Å²) in [7, 11) is -3.87. The largest absolute Gasteiger partial charge is 0.480 e. The Morgan fingerprint density at radius 2 is 2.10 bits per heavy atom. The number of benzene rings is 1. The molecule has 0 unspecified atom stereocenters. The van der Waals surface area contributed by atoms with Gasteiger partial charge in [-0.25, -0.2) is 8.42 Å². The summed E-state index contributed by atoms with van der Waals surface area (Å²) in [6.07, 6.45) is 0.567. The van der Waals surface area contributed by atoms with Gasteiger partial charge in [0.25, 0.3) is 0 Å². The SMILES string of the molecule is CC(=O)N1c2ccc(S(=O)(=O)NCC(=O)O)cc2C[C@@H]1C. The van der Waals surface area contributed by atoms with E-state index in [0.29, 0.717) is 12.1 Å². The van der Waals surface area contributed by atoms with Crippen LogP contribution >= 0.6 is 0 Å². The number of nitrogens with one attached hydrogen (secondary N) is 1. The number of amides is 1. The minimum Gasteiger partial charge on any atom is -0.480 e. The Bertz CT molecular complexity index is 699. The number of rotatable bonds is 4. The third-order valence-electron chi connectivity index (χ3n) is 3.33. The number of anilines is 1. The summed E-state index contributed by atoms with van der Waals surface area (Å²) in [4.78, 5) is 23.7. The lowest BCUT2D eigenvalue weighted by Crippen LogP contribution is -2.33. The molecule has 0 radical (unpaired) electrons. The van der Waals surface area contributed by atoms with E-state index in [1.807, 2.05) is 11.6 Å². The molecule has 1 aromatic carbocycles. The van der Waals surface area contributed by atoms with Crippen molar-refractivity contribution in [1.29, 1.82) is 0 Å². The zero-order valence-electron chi connectivity index (χ0n) is 11.7. The summed E-state index contributed by atoms with van der Waals surface area (Å²) < 4.78 is 26.0. The Hall–Kier alpha value is -1.93. The van der Waals surface area contributed by atoms with E-state index in [4.69, 9.17) is 5.11 Å². The van der Waals surface area contributed by atoms with E-state index in [2.05, 4.69) is 0 Å². The molecular weight excluding hydrogens is 296 g/mol. The van der Waals surface area contributed by atoms with E-state index < -0.39 is 22.5 Å². The number of hydrogen-bond acceptors (Lipinski definition) is 4. The summed E-state index contributed by atoms with van der Waals surface area (Å²) >= 11 is 0. The minimum absolute atomic E-state index is 0.0000945. The van der Waals surface area contributed by atoms with Crippen LogP contribution in [-0.2, 0) is 26.0 Å². The van der Waals surface area contributed by atoms with Crippen molar-refractivity contribution in [2.45, 2.75) is 31.2 Å². The first-order valence-electron chi connectivity index (χ1n) is 6.36. The summed E-state index contributed by atoms with van der Waals surface area (Å²) in [6, 6.07) is 4.41. The van der Waals surface area contributed by atoms with Gasteiger partial charge in [0.2, 0.25) is 15.9 Å². The fraction of sp³-hybridized carbons (Fsp3) is 0.385. The molecule has 8 heteroatoms. The first kappa shape index (κ1) is 15.5. The average molecular weight is 312 g/mol. The van der Waals surface area contributed by atoms with Gasteiger partial charge in [0.15, 0.2) is 0 Å². The van der Waals surface area contributed by atoms with Crippen LogP contribution in [-0.4, -0.2) is 38.0 Å². The molecule has 0 fully saturated rings. The summed E-state index contributed by atoms with van der Waals surface area (Å²) in [6.45, 7) is 2.68. The molecule has 2 rings (SSSR count). The fourth-order valence-electron chi connectivity index (χ4n) is 2.49. The lowest BCUT2D eigenvalue weighted by atomic mass is 10.1. The Morgan fingerprint density at radius 3 is 2.67 bits per heavy atom. The zero-order chi connectivity index (χ0) is 15.8. The van der Waals surface area contributed by atoms with Gasteiger partial charge < -0.3 is 10.0 Å². The van der Waals surface area contributed by atoms with Crippen LogP contribution in [0.2, 0.25) is 0 Å². The topological polar surface area (TPSA) is 104 Å². The highest BCUT2D eigenvalue weighted by Gasteiger charge is 2.30. The second kappa shape index (κ2) is 5.45. The molecule has 114 valence electrons. The maximum atomic E-state index is 12.0. The van der Waals surface area contributed by atoms with E-state index in [0.717, 1.165) is 5.56 Å². The van der Waals surface area contributed by atoms with Crippen LogP contribution in [0.15, 0.2) is 23.1 Å². The van der Waals surface area contributed by atoms with Crippen LogP contribution in [0.1, 0.15) is 19.4 Å². The fourth-order valence-corrected chi connectivity index (χ4v) is 3.52. The molecule has 1 aliphatic rings. The number of aliphatic carboxylic acids is 1. The van der Waals surface area contributed by atoms with Gasteiger partial charge in [-0.05, 0) is 37.1 Å². The monoisotopic (exact) mass is 312 g/mol. The van der Waals surface area contributed by atoms with Gasteiger partial charge in [-0.2, -0.15) is 4.72 Å². The molecule has 2 N–H and O–H groups in total. The Morgan fingerprint density at radius 1 is 1.43 bits per heavy atom. The van der Waals surface area contributed by atoms with Crippen LogP contribution in [0.3, 0.4) is 0 Å². The van der Waals surface area contributed by atoms with E-state index >= 15 is 0 Å². The molecule has 0 aliphatic carbocycles. The number of carboxylic acid groups (broad SMARTS) is 1. The summed E-state index contributed by atoms with van der Waals surface area (Å²) in [5.41, 5.74) is 1.46. The van der Waals surface area contributed by atoms with Crippen molar-refractivity contribution in [2.24, 2.45) is 0 Å². The third-order valence-corrected chi connectivity index (χ3v) is 4.73. The standard InChI is InChI=1S/C13H16N2O5S/c1-8-5-10-6-11(21(19,20)14-7-13(17)18)3-4-12(10)15(8)9(2)16/h3-4,6,8,14H,5,7H2,1-2H3,(H,17,18)/t8-/m0/s1. The number of sulfonamides is 1. The number of carbonyl (C=O) groups excluding carboxylic acids is 1. The van der Waals surface area contributed by atoms with Gasteiger partial charge in [-0.3, -0.25) is 9.59 Å². The highest BCUT2D eigenvalue weighted by Crippen LogP contribution is 2.33. The maximum absolute atomic E-state index is 12.0. The van der Waals surface area contributed by atoms with Crippen molar-refractivity contribution in [1.82, 2.24) is 4.72 Å². The molecule has 21 heavy (non-hydrogen) atoms. The lowest BCUT2D eigenvalue weighted by Gasteiger charge is -2.20. The Kier molecular flexibility index (Phi) is 4.02. The molecule has 0 bridgehead atoms. The lowest BCUT2D eigenvalue weighted by molar-refractivity contribution is -0.135. The van der Waals surface area contributed by atoms with Crippen LogP contribution in [0.5, 0.6) is 0 Å². The third kappa shape index (κ3) is 3.06. The normalized spacial score (nSPS) is 17.6. The van der Waals surface area contributed by atoms with E-state index in [1.54, 1.807) is 11.0 Å². The van der Waals surface area contributed by atoms with Crippen molar-refractivity contribution in [3.63, 3.8) is 0 Å². The second-order valence-electron chi connectivity index (χ2n) is 4.95. The van der Waals surface area contributed by atoms with Crippen molar-refractivity contribution < 1.29 is 23.1 Å². The predicted molar refractivity (Wildman–Crippen MR) is 75.6 cm³/mol. The molecule has 1 heterocycles. The molecule has 1 atom stereocenters.